The Hall–Kier alpha value is -1.39. The molecule has 19 heavy (non-hydrogen) atoms. The molecule has 0 radical (unpaired) electrons. The van der Waals surface area contributed by atoms with Crippen LogP contribution in [0.2, 0.25) is 0 Å². The third kappa shape index (κ3) is 3.14. The second-order valence-electron chi connectivity index (χ2n) is 5.54. The van der Waals surface area contributed by atoms with Crippen LogP contribution in [0.25, 0.3) is 10.9 Å². The van der Waals surface area contributed by atoms with E-state index in [0.29, 0.717) is 0 Å². The second kappa shape index (κ2) is 5.72. The predicted octanol–water partition coefficient (Wildman–Crippen LogP) is 1.74. The summed E-state index contributed by atoms with van der Waals surface area (Å²) in [5, 5.41) is 8.28. The van der Waals surface area contributed by atoms with Gasteiger partial charge >= 0.3 is 0 Å². The van der Waals surface area contributed by atoms with Crippen LogP contribution in [-0.2, 0) is 6.42 Å². The van der Waals surface area contributed by atoms with E-state index in [-0.39, 0.29) is 0 Å². The number of aromatic nitrogens is 2. The molecule has 0 bridgehead atoms. The summed E-state index contributed by atoms with van der Waals surface area (Å²) in [7, 11) is 2.21. The molecule has 1 aliphatic heterocycles. The van der Waals surface area contributed by atoms with E-state index in [1.165, 1.54) is 50.1 Å². The van der Waals surface area contributed by atoms with Gasteiger partial charge in [0.1, 0.15) is 0 Å². The molecule has 2 heterocycles. The summed E-state index contributed by atoms with van der Waals surface area (Å²) in [5.41, 5.74) is 2.55. The Kier molecular flexibility index (Phi) is 3.80. The second-order valence-corrected chi connectivity index (χ2v) is 5.54. The molecule has 0 amide bonds. The number of aryl methyl sites for hydroxylation is 1. The molecule has 1 N–H and O–H groups in total. The molecule has 102 valence electrons. The first-order valence-corrected chi connectivity index (χ1v) is 7.14. The van der Waals surface area contributed by atoms with Crippen molar-refractivity contribution in [1.82, 2.24) is 20.0 Å². The number of fused-ring (bicyclic) bond motifs is 1. The predicted molar refractivity (Wildman–Crippen MR) is 78.4 cm³/mol. The first kappa shape index (κ1) is 12.6. The number of nitrogens with one attached hydrogen (secondary N) is 1. The molecule has 1 aromatic heterocycles. The van der Waals surface area contributed by atoms with Gasteiger partial charge < -0.3 is 9.80 Å². The zero-order valence-electron chi connectivity index (χ0n) is 11.6. The standard InChI is InChI=1S/C15H22N4/c1-18-7-9-19(10-8-18)6-2-3-13-4-5-15-14(11-13)12-16-17-15/h4-5,11-12H,2-3,6-10H2,1H3,(H,16,17). The van der Waals surface area contributed by atoms with Crippen molar-refractivity contribution in [2.75, 3.05) is 39.8 Å². The Morgan fingerprint density at radius 2 is 2.05 bits per heavy atom. The third-order valence-electron chi connectivity index (χ3n) is 4.04. The maximum atomic E-state index is 4.07. The fourth-order valence-corrected chi connectivity index (χ4v) is 2.73. The first-order chi connectivity index (χ1) is 9.31. The Morgan fingerprint density at radius 3 is 2.89 bits per heavy atom. The molecule has 4 heteroatoms. The molecule has 0 spiro atoms. The van der Waals surface area contributed by atoms with Crippen molar-refractivity contribution in [2.24, 2.45) is 0 Å². The van der Waals surface area contributed by atoms with Gasteiger partial charge in [0.2, 0.25) is 0 Å². The van der Waals surface area contributed by atoms with Gasteiger partial charge in [0.05, 0.1) is 11.7 Å². The van der Waals surface area contributed by atoms with Crippen molar-refractivity contribution in [2.45, 2.75) is 12.8 Å². The highest BCUT2D eigenvalue weighted by molar-refractivity contribution is 5.78. The van der Waals surface area contributed by atoms with Crippen molar-refractivity contribution >= 4 is 10.9 Å². The number of aromatic amines is 1. The molecular weight excluding hydrogens is 236 g/mol. The molecule has 0 saturated carbocycles. The van der Waals surface area contributed by atoms with Gasteiger partial charge in [0.25, 0.3) is 0 Å². The van der Waals surface area contributed by atoms with Gasteiger partial charge in [-0.25, -0.2) is 0 Å². The fourth-order valence-electron chi connectivity index (χ4n) is 2.73. The normalized spacial score (nSPS) is 18.2. The number of piperazine rings is 1. The molecule has 4 nitrogen and oxygen atoms in total. The number of H-pyrrole nitrogens is 1. The third-order valence-corrected chi connectivity index (χ3v) is 4.04. The van der Waals surface area contributed by atoms with E-state index in [1.807, 2.05) is 6.20 Å². The van der Waals surface area contributed by atoms with Crippen molar-refractivity contribution in [3.8, 4) is 0 Å². The molecule has 0 atom stereocenters. The van der Waals surface area contributed by atoms with Gasteiger partial charge in [-0.05, 0) is 44.1 Å². The van der Waals surface area contributed by atoms with E-state index < -0.39 is 0 Å². The number of rotatable bonds is 4. The Balaban J connectivity index is 1.49. The van der Waals surface area contributed by atoms with Crippen LogP contribution in [0.4, 0.5) is 0 Å². The Morgan fingerprint density at radius 1 is 1.21 bits per heavy atom. The van der Waals surface area contributed by atoms with Crippen LogP contribution in [-0.4, -0.2) is 59.8 Å². The summed E-state index contributed by atoms with van der Waals surface area (Å²) in [6.07, 6.45) is 4.31. The van der Waals surface area contributed by atoms with Crippen LogP contribution in [0.5, 0.6) is 0 Å². The molecule has 1 aromatic carbocycles. The summed E-state index contributed by atoms with van der Waals surface area (Å²) >= 11 is 0. The van der Waals surface area contributed by atoms with E-state index in [2.05, 4.69) is 45.2 Å². The van der Waals surface area contributed by atoms with Crippen molar-refractivity contribution in [3.63, 3.8) is 0 Å². The first-order valence-electron chi connectivity index (χ1n) is 7.14. The lowest BCUT2D eigenvalue weighted by molar-refractivity contribution is 0.153. The van der Waals surface area contributed by atoms with Crippen LogP contribution in [0.15, 0.2) is 24.4 Å². The lowest BCUT2D eigenvalue weighted by Crippen LogP contribution is -2.44. The highest BCUT2D eigenvalue weighted by atomic mass is 15.2. The SMILES string of the molecule is CN1CCN(CCCc2ccc3[nH]ncc3c2)CC1. The van der Waals surface area contributed by atoms with Gasteiger partial charge in [-0.15, -0.1) is 0 Å². The number of likely N-dealkylation sites (N-methyl/N-ethyl adjacent to an activating group) is 1. The highest BCUT2D eigenvalue weighted by Gasteiger charge is 2.12. The van der Waals surface area contributed by atoms with Gasteiger partial charge in [-0.3, -0.25) is 5.10 Å². The van der Waals surface area contributed by atoms with Crippen LogP contribution >= 0.6 is 0 Å². The highest BCUT2D eigenvalue weighted by Crippen LogP contribution is 2.14. The molecule has 1 fully saturated rings. The van der Waals surface area contributed by atoms with Crippen LogP contribution in [0, 0.1) is 0 Å². The summed E-state index contributed by atoms with van der Waals surface area (Å²) in [6.45, 7) is 6.08. The maximum absolute atomic E-state index is 4.07. The van der Waals surface area contributed by atoms with Crippen molar-refractivity contribution in [3.05, 3.63) is 30.0 Å². The van der Waals surface area contributed by atoms with E-state index in [1.54, 1.807) is 0 Å². The van der Waals surface area contributed by atoms with E-state index >= 15 is 0 Å². The molecule has 1 aliphatic rings. The van der Waals surface area contributed by atoms with Gasteiger partial charge in [0.15, 0.2) is 0 Å². The number of hydrogen-bond acceptors (Lipinski definition) is 3. The Labute approximate surface area is 114 Å². The molecule has 2 aromatic rings. The topological polar surface area (TPSA) is 35.2 Å². The van der Waals surface area contributed by atoms with Crippen LogP contribution in [0.1, 0.15) is 12.0 Å². The number of nitrogens with zero attached hydrogens (tertiary/aromatic N) is 3. The van der Waals surface area contributed by atoms with E-state index in [4.69, 9.17) is 0 Å². The minimum absolute atomic E-state index is 1.13. The molecular formula is C15H22N4. The lowest BCUT2D eigenvalue weighted by atomic mass is 10.1. The largest absolute Gasteiger partial charge is 0.304 e. The summed E-state index contributed by atoms with van der Waals surface area (Å²) in [4.78, 5) is 4.99. The van der Waals surface area contributed by atoms with Crippen LogP contribution < -0.4 is 0 Å². The molecule has 1 saturated heterocycles. The van der Waals surface area contributed by atoms with Crippen molar-refractivity contribution in [1.29, 1.82) is 0 Å². The zero-order valence-corrected chi connectivity index (χ0v) is 11.6. The molecule has 0 unspecified atom stereocenters. The van der Waals surface area contributed by atoms with Crippen LogP contribution in [0.3, 0.4) is 0 Å². The summed E-state index contributed by atoms with van der Waals surface area (Å²) < 4.78 is 0. The number of hydrogen-bond donors (Lipinski definition) is 1. The average molecular weight is 258 g/mol. The summed E-state index contributed by atoms with van der Waals surface area (Å²) in [5.74, 6) is 0. The number of benzene rings is 1. The molecule has 3 rings (SSSR count). The Bertz CT molecular complexity index is 526. The maximum Gasteiger partial charge on any atom is 0.0650 e. The van der Waals surface area contributed by atoms with Crippen molar-refractivity contribution < 1.29 is 0 Å². The quantitative estimate of drug-likeness (QED) is 0.907. The minimum atomic E-state index is 1.13. The lowest BCUT2D eigenvalue weighted by Gasteiger charge is -2.32. The average Bonchev–Trinajstić information content (AvgIpc) is 2.88. The van der Waals surface area contributed by atoms with Gasteiger partial charge in [-0.2, -0.15) is 5.10 Å². The fraction of sp³-hybridized carbons (Fsp3) is 0.533. The summed E-state index contributed by atoms with van der Waals surface area (Å²) in [6, 6.07) is 6.60. The monoisotopic (exact) mass is 258 g/mol. The van der Waals surface area contributed by atoms with Gasteiger partial charge in [-0.1, -0.05) is 6.07 Å². The minimum Gasteiger partial charge on any atom is -0.304 e. The van der Waals surface area contributed by atoms with E-state index in [9.17, 15) is 0 Å². The van der Waals surface area contributed by atoms with Gasteiger partial charge in [0, 0.05) is 31.6 Å². The zero-order chi connectivity index (χ0) is 13.1. The smallest absolute Gasteiger partial charge is 0.0650 e. The van der Waals surface area contributed by atoms with E-state index in [0.717, 1.165) is 11.9 Å². The molecule has 0 aliphatic carbocycles.